The molecule has 0 aliphatic carbocycles. The summed E-state index contributed by atoms with van der Waals surface area (Å²) in [7, 11) is 0. The number of esters is 1. The summed E-state index contributed by atoms with van der Waals surface area (Å²) in [5.41, 5.74) is 1.74. The average Bonchev–Trinajstić information content (AvgIpc) is 2.93. The van der Waals surface area contributed by atoms with Gasteiger partial charge in [-0.15, -0.1) is 0 Å². The Bertz CT molecular complexity index is 1070. The van der Waals surface area contributed by atoms with Crippen LogP contribution in [0.2, 0.25) is 0 Å². The molecule has 0 fully saturated rings. The number of benzene rings is 2. The van der Waals surface area contributed by atoms with E-state index in [2.05, 4.69) is 15.9 Å². The van der Waals surface area contributed by atoms with Crippen molar-refractivity contribution >= 4 is 38.7 Å². The summed E-state index contributed by atoms with van der Waals surface area (Å²) >= 11 is 3.33. The van der Waals surface area contributed by atoms with Crippen molar-refractivity contribution in [1.29, 1.82) is 0 Å². The van der Waals surface area contributed by atoms with Crippen LogP contribution < -0.4 is 0 Å². The maximum atomic E-state index is 14.1. The maximum Gasteiger partial charge on any atom is 0.310 e. The molecular formula is C22H21BrFNO4. The highest BCUT2D eigenvalue weighted by Crippen LogP contribution is 2.32. The zero-order valence-corrected chi connectivity index (χ0v) is 17.8. The molecule has 3 aromatic rings. The molecule has 1 aromatic heterocycles. The highest BCUT2D eigenvalue weighted by Gasteiger charge is 2.23. The Morgan fingerprint density at radius 2 is 1.90 bits per heavy atom. The van der Waals surface area contributed by atoms with Gasteiger partial charge in [-0.25, -0.2) is 4.39 Å². The number of aromatic hydroxyl groups is 1. The standard InChI is InChI=1S/C22H21BrFNO4/c1-3-4-9-29-21(27)11-16-13(2)25(19-12-18(24)20(26)10-17(16)19)22(28)14-5-7-15(23)8-6-14/h5-8,10,12,26H,3-4,9,11H2,1-2H3. The van der Waals surface area contributed by atoms with E-state index in [-0.39, 0.29) is 12.3 Å². The predicted octanol–water partition coefficient (Wildman–Crippen LogP) is 5.13. The van der Waals surface area contributed by atoms with Crippen molar-refractivity contribution in [1.82, 2.24) is 4.57 Å². The first-order chi connectivity index (χ1) is 13.8. The normalized spacial score (nSPS) is 11.0. The van der Waals surface area contributed by atoms with Crippen molar-refractivity contribution in [2.75, 3.05) is 6.61 Å². The Morgan fingerprint density at radius 1 is 1.21 bits per heavy atom. The van der Waals surface area contributed by atoms with Crippen LogP contribution in [0.3, 0.4) is 0 Å². The summed E-state index contributed by atoms with van der Waals surface area (Å²) in [6.07, 6.45) is 1.60. The molecule has 0 atom stereocenters. The molecule has 1 heterocycles. The second kappa shape index (κ2) is 8.78. The molecule has 3 rings (SSSR count). The van der Waals surface area contributed by atoms with Gasteiger partial charge in [0.2, 0.25) is 0 Å². The van der Waals surface area contributed by atoms with Crippen LogP contribution in [-0.4, -0.2) is 28.2 Å². The third-order valence-electron chi connectivity index (χ3n) is 4.78. The first kappa shape index (κ1) is 21.0. The first-order valence-corrected chi connectivity index (χ1v) is 10.1. The van der Waals surface area contributed by atoms with Gasteiger partial charge in [0.05, 0.1) is 18.5 Å². The fourth-order valence-corrected chi connectivity index (χ4v) is 3.49. The quantitative estimate of drug-likeness (QED) is 0.407. The van der Waals surface area contributed by atoms with Crippen molar-refractivity contribution in [3.63, 3.8) is 0 Å². The minimum atomic E-state index is -0.836. The average molecular weight is 462 g/mol. The van der Waals surface area contributed by atoms with Crippen molar-refractivity contribution in [2.45, 2.75) is 33.1 Å². The number of carbonyl (C=O) groups is 2. The number of phenols is 1. The minimum absolute atomic E-state index is 0.0717. The van der Waals surface area contributed by atoms with E-state index in [1.165, 1.54) is 10.6 Å². The molecule has 0 radical (unpaired) electrons. The zero-order valence-electron chi connectivity index (χ0n) is 16.2. The van der Waals surface area contributed by atoms with Crippen molar-refractivity contribution in [2.24, 2.45) is 0 Å². The number of carbonyl (C=O) groups excluding carboxylic acids is 2. The second-order valence-corrected chi connectivity index (χ2v) is 7.70. The van der Waals surface area contributed by atoms with Gasteiger partial charge in [-0.05, 0) is 49.2 Å². The van der Waals surface area contributed by atoms with Crippen LogP contribution in [0.1, 0.15) is 41.4 Å². The van der Waals surface area contributed by atoms with Crippen molar-refractivity contribution in [3.05, 3.63) is 63.5 Å². The highest BCUT2D eigenvalue weighted by atomic mass is 79.9. The number of hydrogen-bond donors (Lipinski definition) is 1. The predicted molar refractivity (Wildman–Crippen MR) is 112 cm³/mol. The van der Waals surface area contributed by atoms with Crippen LogP contribution in [0.5, 0.6) is 5.75 Å². The summed E-state index contributed by atoms with van der Waals surface area (Å²) in [5.74, 6) is -2.15. The Kier molecular flexibility index (Phi) is 6.37. The Labute approximate surface area is 176 Å². The van der Waals surface area contributed by atoms with E-state index >= 15 is 0 Å². The SMILES string of the molecule is CCCCOC(=O)Cc1c(C)n(C(=O)c2ccc(Br)cc2)c2cc(F)c(O)cc12. The van der Waals surface area contributed by atoms with Gasteiger partial charge in [0.25, 0.3) is 5.91 Å². The lowest BCUT2D eigenvalue weighted by atomic mass is 10.1. The van der Waals surface area contributed by atoms with Crippen molar-refractivity contribution in [3.8, 4) is 5.75 Å². The number of aromatic nitrogens is 1. The van der Waals surface area contributed by atoms with Gasteiger partial charge in [-0.3, -0.25) is 14.2 Å². The molecule has 7 heteroatoms. The summed E-state index contributed by atoms with van der Waals surface area (Å²) in [4.78, 5) is 25.4. The molecule has 0 aliphatic rings. The molecule has 0 bridgehead atoms. The molecule has 0 saturated carbocycles. The van der Waals surface area contributed by atoms with E-state index < -0.39 is 17.5 Å². The number of hydrogen-bond acceptors (Lipinski definition) is 4. The number of nitrogens with zero attached hydrogens (tertiary/aromatic N) is 1. The lowest BCUT2D eigenvalue weighted by Crippen LogP contribution is -2.15. The molecule has 29 heavy (non-hydrogen) atoms. The number of rotatable bonds is 6. The fraction of sp³-hybridized carbons (Fsp3) is 0.273. The molecule has 0 aliphatic heterocycles. The van der Waals surface area contributed by atoms with Gasteiger partial charge in [0.1, 0.15) is 0 Å². The summed E-state index contributed by atoms with van der Waals surface area (Å²) in [5, 5.41) is 10.3. The molecule has 0 spiro atoms. The van der Waals surface area contributed by atoms with E-state index in [1.54, 1.807) is 31.2 Å². The lowest BCUT2D eigenvalue weighted by Gasteiger charge is -2.08. The van der Waals surface area contributed by atoms with Gasteiger partial charge in [0, 0.05) is 27.2 Å². The molecule has 2 aromatic carbocycles. The maximum absolute atomic E-state index is 14.1. The summed E-state index contributed by atoms with van der Waals surface area (Å²) in [6.45, 7) is 4.02. The van der Waals surface area contributed by atoms with Crippen LogP contribution in [0, 0.1) is 12.7 Å². The summed E-state index contributed by atoms with van der Waals surface area (Å²) < 4.78 is 21.5. The molecule has 0 amide bonds. The Morgan fingerprint density at radius 3 is 2.55 bits per heavy atom. The number of fused-ring (bicyclic) bond motifs is 1. The monoisotopic (exact) mass is 461 g/mol. The number of halogens is 2. The van der Waals surface area contributed by atoms with Gasteiger partial charge < -0.3 is 9.84 Å². The molecule has 5 nitrogen and oxygen atoms in total. The van der Waals surface area contributed by atoms with E-state index in [0.29, 0.717) is 34.3 Å². The highest BCUT2D eigenvalue weighted by molar-refractivity contribution is 9.10. The van der Waals surface area contributed by atoms with Gasteiger partial charge in [-0.1, -0.05) is 29.3 Å². The molecular weight excluding hydrogens is 441 g/mol. The van der Waals surface area contributed by atoms with Crippen molar-refractivity contribution < 1.29 is 23.8 Å². The zero-order chi connectivity index (χ0) is 21.1. The second-order valence-electron chi connectivity index (χ2n) is 6.78. The third kappa shape index (κ3) is 4.34. The molecule has 152 valence electrons. The van der Waals surface area contributed by atoms with Gasteiger partial charge in [0.15, 0.2) is 11.6 Å². The topological polar surface area (TPSA) is 68.5 Å². The molecule has 0 unspecified atom stereocenters. The number of phenolic OH excluding ortho intramolecular Hbond substituents is 1. The molecule has 0 saturated heterocycles. The minimum Gasteiger partial charge on any atom is -0.505 e. The smallest absolute Gasteiger partial charge is 0.310 e. The summed E-state index contributed by atoms with van der Waals surface area (Å²) in [6, 6.07) is 9.16. The van der Waals surface area contributed by atoms with Crippen LogP contribution in [0.4, 0.5) is 4.39 Å². The largest absolute Gasteiger partial charge is 0.505 e. The first-order valence-electron chi connectivity index (χ1n) is 9.31. The Hall–Kier alpha value is -2.67. The van der Waals surface area contributed by atoms with E-state index in [1.807, 2.05) is 6.92 Å². The Balaban J connectivity index is 2.09. The third-order valence-corrected chi connectivity index (χ3v) is 5.31. The van der Waals surface area contributed by atoms with E-state index in [0.717, 1.165) is 23.4 Å². The lowest BCUT2D eigenvalue weighted by molar-refractivity contribution is -0.142. The van der Waals surface area contributed by atoms with Crippen LogP contribution >= 0.6 is 15.9 Å². The fourth-order valence-electron chi connectivity index (χ4n) is 3.22. The number of ether oxygens (including phenoxy) is 1. The van der Waals surface area contributed by atoms with Gasteiger partial charge >= 0.3 is 5.97 Å². The van der Waals surface area contributed by atoms with Crippen LogP contribution in [0.25, 0.3) is 10.9 Å². The van der Waals surface area contributed by atoms with Crippen LogP contribution in [0.15, 0.2) is 40.9 Å². The molecule has 1 N–H and O–H groups in total. The van der Waals surface area contributed by atoms with E-state index in [4.69, 9.17) is 4.74 Å². The van der Waals surface area contributed by atoms with Crippen LogP contribution in [-0.2, 0) is 16.0 Å². The van der Waals surface area contributed by atoms with Gasteiger partial charge in [-0.2, -0.15) is 0 Å². The number of unbranched alkanes of at least 4 members (excludes halogenated alkanes) is 1. The van der Waals surface area contributed by atoms with E-state index in [9.17, 15) is 19.1 Å².